The lowest BCUT2D eigenvalue weighted by Crippen LogP contribution is -2.65. The van der Waals surface area contributed by atoms with E-state index in [1.165, 1.54) is 23.1 Å². The maximum atomic E-state index is 14.7. The number of hydrogen-bond donors (Lipinski definition) is 1. The highest BCUT2D eigenvalue weighted by Crippen LogP contribution is 2.67. The Labute approximate surface area is 223 Å². The SMILES string of the molecule is CCOC(=O)CN1C(=O)[C@@]2(c3cc(Cl)ccc31)C(C#N)(C#N)C(=S)N[C@]21C(=O)N(C)c2ccc(C)cc21. The number of esters is 1. The van der Waals surface area contributed by atoms with Gasteiger partial charge in [-0.25, -0.2) is 0 Å². The summed E-state index contributed by atoms with van der Waals surface area (Å²) < 4.78 is 5.09. The molecule has 9 nitrogen and oxygen atoms in total. The molecule has 2 atom stereocenters. The van der Waals surface area contributed by atoms with Crippen molar-refractivity contribution in [1.29, 1.82) is 10.5 Å². The highest BCUT2D eigenvalue weighted by molar-refractivity contribution is 7.80. The van der Waals surface area contributed by atoms with E-state index in [-0.39, 0.29) is 27.9 Å². The van der Waals surface area contributed by atoms with Crippen LogP contribution in [0, 0.1) is 35.0 Å². The predicted molar refractivity (Wildman–Crippen MR) is 138 cm³/mol. The highest BCUT2D eigenvalue weighted by atomic mass is 35.5. The first-order chi connectivity index (χ1) is 17.6. The monoisotopic (exact) mass is 533 g/mol. The standard InChI is InChI=1S/C26H20ClN5O4S/c1-4-36-20(33)11-32-19-8-6-15(27)10-16(19)25(22(32)34)24(12-28,13-29)21(37)30-26(25)17-9-14(2)5-7-18(17)31(3)23(26)35/h5-10H,4,11H2,1-3H3,(H,30,37)/t25-,26+/m0/s1. The Morgan fingerprint density at radius 3 is 2.43 bits per heavy atom. The summed E-state index contributed by atoms with van der Waals surface area (Å²) in [5, 5.41) is 24.3. The Morgan fingerprint density at radius 2 is 1.78 bits per heavy atom. The first kappa shape index (κ1) is 24.7. The van der Waals surface area contributed by atoms with Gasteiger partial charge >= 0.3 is 5.97 Å². The van der Waals surface area contributed by atoms with Crippen LogP contribution in [0.4, 0.5) is 11.4 Å². The fourth-order valence-electron chi connectivity index (χ4n) is 5.99. The summed E-state index contributed by atoms with van der Waals surface area (Å²) in [5.74, 6) is -2.06. The second-order valence-electron chi connectivity index (χ2n) is 9.17. The van der Waals surface area contributed by atoms with E-state index in [1.807, 2.05) is 25.1 Å². The maximum Gasteiger partial charge on any atom is 0.326 e. The topological polar surface area (TPSA) is 127 Å². The van der Waals surface area contributed by atoms with Crippen molar-refractivity contribution in [1.82, 2.24) is 5.32 Å². The number of amides is 2. The molecule has 11 heteroatoms. The van der Waals surface area contributed by atoms with Crippen molar-refractivity contribution in [3.05, 3.63) is 58.1 Å². The van der Waals surface area contributed by atoms with Crippen molar-refractivity contribution in [2.45, 2.75) is 24.8 Å². The quantitative estimate of drug-likeness (QED) is 0.471. The number of hydrogen-bond acceptors (Lipinski definition) is 7. The largest absolute Gasteiger partial charge is 0.465 e. The lowest BCUT2D eigenvalue weighted by atomic mass is 9.53. The number of carbonyl (C=O) groups is 3. The molecule has 2 amide bonds. The van der Waals surface area contributed by atoms with Crippen LogP contribution in [-0.2, 0) is 30.1 Å². The van der Waals surface area contributed by atoms with Crippen LogP contribution in [0.3, 0.4) is 0 Å². The average Bonchev–Trinajstić information content (AvgIpc) is 3.34. The van der Waals surface area contributed by atoms with Gasteiger partial charge in [-0.1, -0.05) is 41.5 Å². The van der Waals surface area contributed by atoms with Gasteiger partial charge in [-0.15, -0.1) is 0 Å². The van der Waals surface area contributed by atoms with Crippen LogP contribution in [0.2, 0.25) is 5.02 Å². The molecule has 37 heavy (non-hydrogen) atoms. The molecule has 3 aliphatic heterocycles. The summed E-state index contributed by atoms with van der Waals surface area (Å²) in [6, 6.07) is 13.8. The van der Waals surface area contributed by atoms with Gasteiger partial charge < -0.3 is 15.0 Å². The molecule has 2 aromatic carbocycles. The first-order valence-electron chi connectivity index (χ1n) is 11.4. The molecule has 0 unspecified atom stereocenters. The van der Waals surface area contributed by atoms with Crippen LogP contribution in [0.15, 0.2) is 36.4 Å². The van der Waals surface area contributed by atoms with Gasteiger partial charge in [0.05, 0.1) is 18.7 Å². The number of rotatable bonds is 3. The first-order valence-corrected chi connectivity index (χ1v) is 12.2. The number of aryl methyl sites for hydroxylation is 1. The van der Waals surface area contributed by atoms with Gasteiger partial charge in [-0.3, -0.25) is 19.3 Å². The Hall–Kier alpha value is -3.99. The normalized spacial score (nSPS) is 24.6. The zero-order chi connectivity index (χ0) is 26.9. The summed E-state index contributed by atoms with van der Waals surface area (Å²) in [6.07, 6.45) is 0. The average molecular weight is 534 g/mol. The van der Waals surface area contributed by atoms with Gasteiger partial charge in [0.1, 0.15) is 11.5 Å². The number of nitriles is 2. The third kappa shape index (κ3) is 2.66. The van der Waals surface area contributed by atoms with Crippen molar-refractivity contribution >= 4 is 58.0 Å². The van der Waals surface area contributed by atoms with Gasteiger partial charge in [-0.2, -0.15) is 10.5 Å². The lowest BCUT2D eigenvalue weighted by molar-refractivity contribution is -0.143. The van der Waals surface area contributed by atoms with Crippen LogP contribution >= 0.6 is 23.8 Å². The fraction of sp³-hybridized carbons (Fsp3) is 0.308. The number of halogens is 1. The molecular weight excluding hydrogens is 514 g/mol. The number of carbonyl (C=O) groups excluding carboxylic acids is 3. The van der Waals surface area contributed by atoms with Gasteiger partial charge in [0, 0.05) is 29.0 Å². The van der Waals surface area contributed by atoms with Crippen molar-refractivity contribution in [2.24, 2.45) is 5.41 Å². The van der Waals surface area contributed by atoms with E-state index in [0.29, 0.717) is 11.3 Å². The van der Waals surface area contributed by atoms with Crippen LogP contribution in [0.5, 0.6) is 0 Å². The van der Waals surface area contributed by atoms with Gasteiger partial charge in [0.25, 0.3) is 5.91 Å². The number of nitrogens with one attached hydrogen (secondary N) is 1. The summed E-state index contributed by atoms with van der Waals surface area (Å²) >= 11 is 12.0. The Kier molecular flexibility index (Phi) is 5.34. The zero-order valence-corrected chi connectivity index (χ0v) is 21.7. The van der Waals surface area contributed by atoms with Gasteiger partial charge in [0.2, 0.25) is 11.3 Å². The molecule has 2 aromatic rings. The fourth-order valence-corrected chi connectivity index (χ4v) is 6.56. The Balaban J connectivity index is 1.95. The molecule has 1 N–H and O–H groups in total. The van der Waals surface area contributed by atoms with Crippen LogP contribution < -0.4 is 15.1 Å². The molecule has 1 saturated heterocycles. The molecule has 0 bridgehead atoms. The molecule has 2 spiro atoms. The molecule has 3 aliphatic rings. The van der Waals surface area contributed by atoms with E-state index in [2.05, 4.69) is 5.32 Å². The third-order valence-electron chi connectivity index (χ3n) is 7.46. The number of benzene rings is 2. The molecule has 186 valence electrons. The molecular formula is C26H20ClN5O4S. The summed E-state index contributed by atoms with van der Waals surface area (Å²) in [7, 11) is 1.55. The van der Waals surface area contributed by atoms with E-state index in [1.54, 1.807) is 26.1 Å². The van der Waals surface area contributed by atoms with Crippen molar-refractivity contribution in [3.8, 4) is 12.1 Å². The molecule has 5 rings (SSSR count). The van der Waals surface area contributed by atoms with Crippen LogP contribution in [0.25, 0.3) is 0 Å². The number of likely N-dealkylation sites (N-methyl/N-ethyl adjacent to an activating group) is 1. The maximum absolute atomic E-state index is 14.7. The number of fused-ring (bicyclic) bond motifs is 5. The lowest BCUT2D eigenvalue weighted by Gasteiger charge is -2.41. The predicted octanol–water partition coefficient (Wildman–Crippen LogP) is 2.63. The molecule has 0 aromatic heterocycles. The van der Waals surface area contributed by atoms with Crippen molar-refractivity contribution in [2.75, 3.05) is 30.0 Å². The van der Waals surface area contributed by atoms with Crippen LogP contribution in [0.1, 0.15) is 23.6 Å². The van der Waals surface area contributed by atoms with E-state index in [9.17, 15) is 24.9 Å². The van der Waals surface area contributed by atoms with Gasteiger partial charge in [0.15, 0.2) is 11.0 Å². The number of nitrogens with zero attached hydrogens (tertiary/aromatic N) is 4. The number of thiocarbonyl (C=S) groups is 1. The minimum atomic E-state index is -2.30. The van der Waals surface area contributed by atoms with Gasteiger partial charge in [-0.05, 0) is 43.7 Å². The van der Waals surface area contributed by atoms with E-state index >= 15 is 0 Å². The minimum absolute atomic E-state index is 0.0886. The second kappa shape index (κ2) is 8.01. The summed E-state index contributed by atoms with van der Waals surface area (Å²) in [5.41, 5.74) is -4.38. The Bertz CT molecular complexity index is 1510. The Morgan fingerprint density at radius 1 is 1.11 bits per heavy atom. The highest BCUT2D eigenvalue weighted by Gasteiger charge is 2.84. The van der Waals surface area contributed by atoms with Crippen LogP contribution in [-0.4, -0.2) is 43.0 Å². The molecule has 0 saturated carbocycles. The van der Waals surface area contributed by atoms with E-state index in [4.69, 9.17) is 28.6 Å². The zero-order valence-electron chi connectivity index (χ0n) is 20.1. The number of anilines is 2. The third-order valence-corrected chi connectivity index (χ3v) is 8.10. The van der Waals surface area contributed by atoms with Crippen molar-refractivity contribution in [3.63, 3.8) is 0 Å². The molecule has 0 radical (unpaired) electrons. The molecule has 1 fully saturated rings. The number of ether oxygens (including phenoxy) is 1. The smallest absolute Gasteiger partial charge is 0.326 e. The summed E-state index contributed by atoms with van der Waals surface area (Å²) in [4.78, 5) is 43.8. The molecule has 3 heterocycles. The van der Waals surface area contributed by atoms with E-state index in [0.717, 1.165) is 10.5 Å². The molecule has 0 aliphatic carbocycles. The minimum Gasteiger partial charge on any atom is -0.465 e. The van der Waals surface area contributed by atoms with E-state index < -0.39 is 40.7 Å². The van der Waals surface area contributed by atoms with Crippen molar-refractivity contribution < 1.29 is 19.1 Å². The summed E-state index contributed by atoms with van der Waals surface area (Å²) in [6.45, 7) is 3.05. The second-order valence-corrected chi connectivity index (χ2v) is 10.0.